The summed E-state index contributed by atoms with van der Waals surface area (Å²) >= 11 is 3.29. The Bertz CT molecular complexity index is 729. The summed E-state index contributed by atoms with van der Waals surface area (Å²) in [7, 11) is 0. The van der Waals surface area contributed by atoms with Gasteiger partial charge in [0.1, 0.15) is 11.5 Å². The maximum absolute atomic E-state index is 12.8. The summed E-state index contributed by atoms with van der Waals surface area (Å²) in [6.45, 7) is 1.94. The molecule has 0 fully saturated rings. The van der Waals surface area contributed by atoms with Crippen LogP contribution in [0.3, 0.4) is 0 Å². The van der Waals surface area contributed by atoms with Crippen molar-refractivity contribution in [3.05, 3.63) is 58.1 Å². The van der Waals surface area contributed by atoms with Crippen molar-refractivity contribution < 1.29 is 27.4 Å². The van der Waals surface area contributed by atoms with Crippen LogP contribution >= 0.6 is 15.9 Å². The number of hydrogen-bond acceptors (Lipinski definition) is 3. The molecular formula is C17H14BrF3O3. The zero-order valence-corrected chi connectivity index (χ0v) is 14.3. The normalized spacial score (nSPS) is 11.2. The number of carbonyl (C=O) groups is 1. The monoisotopic (exact) mass is 402 g/mol. The molecule has 0 N–H and O–H groups in total. The molecule has 0 aromatic heterocycles. The molecule has 0 amide bonds. The van der Waals surface area contributed by atoms with Crippen LogP contribution in [0.25, 0.3) is 0 Å². The minimum Gasteiger partial charge on any atom is -0.466 e. The van der Waals surface area contributed by atoms with Gasteiger partial charge >= 0.3 is 12.1 Å². The Balaban J connectivity index is 2.28. The first-order chi connectivity index (χ1) is 11.3. The lowest BCUT2D eigenvalue weighted by atomic mass is 10.1. The fourth-order valence-electron chi connectivity index (χ4n) is 2.02. The van der Waals surface area contributed by atoms with Gasteiger partial charge in [0.05, 0.1) is 18.6 Å². The second kappa shape index (κ2) is 7.70. The molecule has 0 saturated carbocycles. The molecule has 7 heteroatoms. The lowest BCUT2D eigenvalue weighted by Gasteiger charge is -2.13. The van der Waals surface area contributed by atoms with Crippen molar-refractivity contribution in [2.45, 2.75) is 19.5 Å². The van der Waals surface area contributed by atoms with E-state index in [0.29, 0.717) is 11.3 Å². The highest BCUT2D eigenvalue weighted by Crippen LogP contribution is 2.34. The first-order valence-corrected chi connectivity index (χ1v) is 7.88. The van der Waals surface area contributed by atoms with Crippen LogP contribution in [-0.2, 0) is 22.1 Å². The molecule has 3 nitrogen and oxygen atoms in total. The minimum atomic E-state index is -4.45. The summed E-state index contributed by atoms with van der Waals surface area (Å²) in [6, 6.07) is 9.49. The molecule has 2 aromatic rings. The van der Waals surface area contributed by atoms with Gasteiger partial charge < -0.3 is 9.47 Å². The summed E-state index contributed by atoms with van der Waals surface area (Å²) in [4.78, 5) is 11.7. The number of halogens is 4. The summed E-state index contributed by atoms with van der Waals surface area (Å²) in [6.07, 6.45) is -4.49. The second-order valence-electron chi connectivity index (χ2n) is 4.86. The first-order valence-electron chi connectivity index (χ1n) is 7.08. The van der Waals surface area contributed by atoms with Crippen molar-refractivity contribution >= 4 is 21.9 Å². The van der Waals surface area contributed by atoms with E-state index in [-0.39, 0.29) is 18.8 Å². The largest absolute Gasteiger partial charge is 0.466 e. The smallest absolute Gasteiger partial charge is 0.416 e. The summed E-state index contributed by atoms with van der Waals surface area (Å²) in [5, 5.41) is 0. The topological polar surface area (TPSA) is 35.5 Å². The van der Waals surface area contributed by atoms with E-state index >= 15 is 0 Å². The van der Waals surface area contributed by atoms with Gasteiger partial charge in [-0.05, 0) is 43.3 Å². The number of rotatable bonds is 5. The van der Waals surface area contributed by atoms with Gasteiger partial charge in [0.15, 0.2) is 0 Å². The molecule has 0 aliphatic carbocycles. The Hall–Kier alpha value is -2.02. The predicted molar refractivity (Wildman–Crippen MR) is 86.0 cm³/mol. The van der Waals surface area contributed by atoms with Crippen LogP contribution in [0.15, 0.2) is 46.9 Å². The van der Waals surface area contributed by atoms with Crippen molar-refractivity contribution in [2.75, 3.05) is 6.61 Å². The molecule has 0 atom stereocenters. The standard InChI is InChI=1S/C17H14BrF3O3/c1-2-23-16(22)9-11-8-13(18)6-7-15(11)24-14-5-3-4-12(10-14)17(19,20)21/h3-8,10H,2,9H2,1H3. The Morgan fingerprint density at radius 3 is 2.58 bits per heavy atom. The van der Waals surface area contributed by atoms with Crippen LogP contribution in [0, 0.1) is 0 Å². The zero-order chi connectivity index (χ0) is 17.7. The molecule has 2 aromatic carbocycles. The van der Waals surface area contributed by atoms with Gasteiger partial charge in [-0.25, -0.2) is 0 Å². The maximum atomic E-state index is 12.8. The third-order valence-electron chi connectivity index (χ3n) is 3.05. The lowest BCUT2D eigenvalue weighted by molar-refractivity contribution is -0.142. The van der Waals surface area contributed by atoms with Crippen LogP contribution in [-0.4, -0.2) is 12.6 Å². The van der Waals surface area contributed by atoms with E-state index in [4.69, 9.17) is 9.47 Å². The highest BCUT2D eigenvalue weighted by atomic mass is 79.9. The van der Waals surface area contributed by atoms with E-state index in [1.807, 2.05) is 0 Å². The molecule has 0 aliphatic heterocycles. The number of ether oxygens (including phenoxy) is 2. The lowest BCUT2D eigenvalue weighted by Crippen LogP contribution is -2.08. The molecule has 0 heterocycles. The summed E-state index contributed by atoms with van der Waals surface area (Å²) in [5.74, 6) is -0.104. The Morgan fingerprint density at radius 2 is 1.92 bits per heavy atom. The summed E-state index contributed by atoms with van der Waals surface area (Å²) in [5.41, 5.74) is -0.288. The molecular weight excluding hydrogens is 389 g/mol. The fraction of sp³-hybridized carbons (Fsp3) is 0.235. The third kappa shape index (κ3) is 4.99. The molecule has 0 saturated heterocycles. The van der Waals surface area contributed by atoms with E-state index in [9.17, 15) is 18.0 Å². The van der Waals surface area contributed by atoms with E-state index in [2.05, 4.69) is 15.9 Å². The van der Waals surface area contributed by atoms with Crippen molar-refractivity contribution in [3.8, 4) is 11.5 Å². The molecule has 128 valence electrons. The van der Waals surface area contributed by atoms with E-state index in [1.165, 1.54) is 12.1 Å². The maximum Gasteiger partial charge on any atom is 0.416 e. The van der Waals surface area contributed by atoms with Gasteiger partial charge in [0.25, 0.3) is 0 Å². The minimum absolute atomic E-state index is 0.0391. The first kappa shape index (κ1) is 18.3. The molecule has 0 spiro atoms. The van der Waals surface area contributed by atoms with E-state index in [0.717, 1.165) is 16.6 Å². The molecule has 0 unspecified atom stereocenters. The SMILES string of the molecule is CCOC(=O)Cc1cc(Br)ccc1Oc1cccc(C(F)(F)F)c1. The zero-order valence-electron chi connectivity index (χ0n) is 12.7. The van der Waals surface area contributed by atoms with Crippen molar-refractivity contribution in [1.29, 1.82) is 0 Å². The summed E-state index contributed by atoms with van der Waals surface area (Å²) < 4.78 is 49.5. The van der Waals surface area contributed by atoms with Crippen LogP contribution in [0.4, 0.5) is 13.2 Å². The van der Waals surface area contributed by atoms with Crippen molar-refractivity contribution in [2.24, 2.45) is 0 Å². The molecule has 0 radical (unpaired) electrons. The van der Waals surface area contributed by atoms with Gasteiger partial charge in [-0.1, -0.05) is 22.0 Å². The molecule has 24 heavy (non-hydrogen) atoms. The van der Waals surface area contributed by atoms with Gasteiger partial charge in [-0.15, -0.1) is 0 Å². The average Bonchev–Trinajstić information content (AvgIpc) is 2.50. The van der Waals surface area contributed by atoms with E-state index in [1.54, 1.807) is 25.1 Å². The van der Waals surface area contributed by atoms with Crippen molar-refractivity contribution in [3.63, 3.8) is 0 Å². The second-order valence-corrected chi connectivity index (χ2v) is 5.78. The van der Waals surface area contributed by atoms with E-state index < -0.39 is 17.7 Å². The molecule has 2 rings (SSSR count). The number of benzene rings is 2. The Kier molecular flexibility index (Phi) is 5.88. The third-order valence-corrected chi connectivity index (χ3v) is 3.55. The van der Waals surface area contributed by atoms with Crippen LogP contribution in [0.5, 0.6) is 11.5 Å². The van der Waals surface area contributed by atoms with Gasteiger partial charge in [0.2, 0.25) is 0 Å². The number of hydrogen-bond donors (Lipinski definition) is 0. The van der Waals surface area contributed by atoms with Crippen molar-refractivity contribution in [1.82, 2.24) is 0 Å². The van der Waals surface area contributed by atoms with Gasteiger partial charge in [-0.2, -0.15) is 13.2 Å². The quantitative estimate of drug-likeness (QED) is 0.631. The van der Waals surface area contributed by atoms with Gasteiger partial charge in [-0.3, -0.25) is 4.79 Å². The molecule has 0 aliphatic rings. The van der Waals surface area contributed by atoms with Gasteiger partial charge in [0, 0.05) is 10.0 Å². The Morgan fingerprint density at radius 1 is 1.17 bits per heavy atom. The average molecular weight is 403 g/mol. The Labute approximate surface area is 145 Å². The van der Waals surface area contributed by atoms with Crippen LogP contribution in [0.2, 0.25) is 0 Å². The number of carbonyl (C=O) groups excluding carboxylic acids is 1. The highest BCUT2D eigenvalue weighted by Gasteiger charge is 2.30. The predicted octanol–water partition coefficient (Wildman–Crippen LogP) is 5.37. The van der Waals surface area contributed by atoms with Crippen LogP contribution < -0.4 is 4.74 Å². The highest BCUT2D eigenvalue weighted by molar-refractivity contribution is 9.10. The number of esters is 1. The fourth-order valence-corrected chi connectivity index (χ4v) is 2.42. The number of alkyl halides is 3. The van der Waals surface area contributed by atoms with Crippen LogP contribution in [0.1, 0.15) is 18.1 Å². The molecule has 0 bridgehead atoms.